The summed E-state index contributed by atoms with van der Waals surface area (Å²) in [6.07, 6.45) is 1.64. The lowest BCUT2D eigenvalue weighted by Crippen LogP contribution is -2.50. The van der Waals surface area contributed by atoms with Crippen LogP contribution in [0.1, 0.15) is 26.7 Å². The molecule has 0 spiro atoms. The molecular weight excluding hydrogens is 320 g/mol. The van der Waals surface area contributed by atoms with Crippen molar-refractivity contribution in [3.05, 3.63) is 24.3 Å². The number of nitrogens with zero attached hydrogens (tertiary/aromatic N) is 3. The molecule has 1 aliphatic heterocycles. The molecule has 2 rings (SSSR count). The van der Waals surface area contributed by atoms with E-state index in [-0.39, 0.29) is 11.3 Å². The first-order valence-corrected chi connectivity index (χ1v) is 9.43. The summed E-state index contributed by atoms with van der Waals surface area (Å²) in [6, 6.07) is 9.96. The second-order valence-corrected chi connectivity index (χ2v) is 7.53. The Labute approximate surface area is 149 Å². The molecule has 0 radical (unpaired) electrons. The van der Waals surface area contributed by atoms with Gasteiger partial charge in [-0.3, -0.25) is 4.90 Å². The summed E-state index contributed by atoms with van der Waals surface area (Å²) in [5.41, 5.74) is 0.827. The van der Waals surface area contributed by atoms with Gasteiger partial charge in [-0.2, -0.15) is 5.26 Å². The minimum absolute atomic E-state index is 0.0351. The van der Waals surface area contributed by atoms with Gasteiger partial charge in [-0.1, -0.05) is 26.0 Å². The van der Waals surface area contributed by atoms with E-state index < -0.39 is 0 Å². The molecule has 1 atom stereocenters. The number of rotatable bonds is 6. The molecule has 0 aromatic heterocycles. The first kappa shape index (κ1) is 18.6. The van der Waals surface area contributed by atoms with Crippen LogP contribution in [0, 0.1) is 11.3 Å². The van der Waals surface area contributed by atoms with Gasteiger partial charge in [-0.05, 0) is 25.1 Å². The number of carbonyl (C=O) groups is 1. The molecule has 24 heavy (non-hydrogen) atoms. The quantitative estimate of drug-likeness (QED) is 0.799. The predicted octanol–water partition coefficient (Wildman–Crippen LogP) is 3.64. The number of carbonyl (C=O) groups excluding carboxylic acids is 1. The molecule has 1 aromatic rings. The fourth-order valence-corrected chi connectivity index (χ4v) is 3.74. The molecule has 0 bridgehead atoms. The fraction of sp³-hybridized carbons (Fsp3) is 0.556. The van der Waals surface area contributed by atoms with Crippen molar-refractivity contribution in [2.45, 2.75) is 36.8 Å². The van der Waals surface area contributed by atoms with Crippen LogP contribution in [0.2, 0.25) is 0 Å². The molecule has 1 fully saturated rings. The number of anilines is 1. The molecule has 2 amide bonds. The van der Waals surface area contributed by atoms with E-state index in [0.29, 0.717) is 6.42 Å². The number of hydrogen-bond acceptors (Lipinski definition) is 4. The van der Waals surface area contributed by atoms with Crippen molar-refractivity contribution in [2.24, 2.45) is 0 Å². The first-order chi connectivity index (χ1) is 11.6. The van der Waals surface area contributed by atoms with Crippen LogP contribution in [0.5, 0.6) is 0 Å². The van der Waals surface area contributed by atoms with E-state index in [1.54, 1.807) is 11.8 Å². The zero-order chi connectivity index (χ0) is 17.4. The number of benzene rings is 1. The summed E-state index contributed by atoms with van der Waals surface area (Å²) in [4.78, 5) is 17.8. The predicted molar refractivity (Wildman–Crippen MR) is 99.3 cm³/mol. The van der Waals surface area contributed by atoms with Gasteiger partial charge in [0.25, 0.3) is 0 Å². The van der Waals surface area contributed by atoms with E-state index >= 15 is 0 Å². The largest absolute Gasteiger partial charge is 0.322 e. The lowest BCUT2D eigenvalue weighted by atomic mass is 10.3. The Bertz CT molecular complexity index is 579. The highest BCUT2D eigenvalue weighted by atomic mass is 32.2. The maximum absolute atomic E-state index is 12.5. The van der Waals surface area contributed by atoms with Gasteiger partial charge in [-0.15, -0.1) is 11.8 Å². The summed E-state index contributed by atoms with van der Waals surface area (Å²) >= 11 is 1.63. The summed E-state index contributed by atoms with van der Waals surface area (Å²) in [5.74, 6) is 0. The van der Waals surface area contributed by atoms with Crippen molar-refractivity contribution in [1.29, 1.82) is 5.26 Å². The van der Waals surface area contributed by atoms with Gasteiger partial charge in [0.05, 0.1) is 11.8 Å². The van der Waals surface area contributed by atoms with Crippen LogP contribution >= 0.6 is 11.8 Å². The van der Waals surface area contributed by atoms with Gasteiger partial charge >= 0.3 is 6.03 Å². The molecule has 1 unspecified atom stereocenters. The zero-order valence-corrected chi connectivity index (χ0v) is 15.3. The SMILES string of the molecule is CCCN1CCN(C(=O)Nc2ccccc2SC(C)CC#N)CC1. The van der Waals surface area contributed by atoms with E-state index in [9.17, 15) is 4.79 Å². The highest BCUT2D eigenvalue weighted by Gasteiger charge is 2.21. The minimum Gasteiger partial charge on any atom is -0.322 e. The fourth-order valence-electron chi connectivity index (χ4n) is 2.74. The number of para-hydroxylation sites is 1. The molecule has 130 valence electrons. The van der Waals surface area contributed by atoms with E-state index in [0.717, 1.165) is 49.7 Å². The van der Waals surface area contributed by atoms with Crippen LogP contribution < -0.4 is 5.32 Å². The van der Waals surface area contributed by atoms with Gasteiger partial charge in [-0.25, -0.2) is 4.79 Å². The van der Waals surface area contributed by atoms with Gasteiger partial charge in [0.2, 0.25) is 0 Å². The monoisotopic (exact) mass is 346 g/mol. The van der Waals surface area contributed by atoms with Crippen molar-refractivity contribution in [2.75, 3.05) is 38.0 Å². The Morgan fingerprint density at radius 1 is 1.33 bits per heavy atom. The molecule has 0 saturated carbocycles. The van der Waals surface area contributed by atoms with Crippen LogP contribution in [0.15, 0.2) is 29.2 Å². The van der Waals surface area contributed by atoms with Crippen LogP contribution in [0.3, 0.4) is 0 Å². The lowest BCUT2D eigenvalue weighted by molar-refractivity contribution is 0.147. The molecule has 1 saturated heterocycles. The molecular formula is C18H26N4OS. The van der Waals surface area contributed by atoms with E-state index in [1.165, 1.54) is 0 Å². The number of piperazine rings is 1. The highest BCUT2D eigenvalue weighted by molar-refractivity contribution is 8.00. The highest BCUT2D eigenvalue weighted by Crippen LogP contribution is 2.31. The van der Waals surface area contributed by atoms with Crippen molar-refractivity contribution >= 4 is 23.5 Å². The number of nitrogens with one attached hydrogen (secondary N) is 1. The van der Waals surface area contributed by atoms with Crippen LogP contribution in [-0.2, 0) is 0 Å². The van der Waals surface area contributed by atoms with E-state index in [2.05, 4.69) is 23.2 Å². The molecule has 0 aliphatic carbocycles. The van der Waals surface area contributed by atoms with E-state index in [4.69, 9.17) is 5.26 Å². The molecule has 1 N–H and O–H groups in total. The zero-order valence-electron chi connectivity index (χ0n) is 14.5. The number of amides is 2. The topological polar surface area (TPSA) is 59.4 Å². The van der Waals surface area contributed by atoms with Crippen molar-refractivity contribution in [3.8, 4) is 6.07 Å². The van der Waals surface area contributed by atoms with Gasteiger partial charge < -0.3 is 10.2 Å². The summed E-state index contributed by atoms with van der Waals surface area (Å²) in [5, 5.41) is 12.1. The second-order valence-electron chi connectivity index (χ2n) is 6.05. The standard InChI is InChI=1S/C18H26N4OS/c1-3-10-21-11-13-22(14-12-21)18(23)20-16-6-4-5-7-17(16)24-15(2)8-9-19/h4-7,15H,3,8,10-14H2,1-2H3,(H,20,23). The third-order valence-electron chi connectivity index (χ3n) is 4.03. The molecule has 5 nitrogen and oxygen atoms in total. The summed E-state index contributed by atoms with van der Waals surface area (Å²) < 4.78 is 0. The average Bonchev–Trinajstić information content (AvgIpc) is 2.58. The van der Waals surface area contributed by atoms with Gasteiger partial charge in [0.1, 0.15) is 0 Å². The summed E-state index contributed by atoms with van der Waals surface area (Å²) in [6.45, 7) is 8.73. The normalized spacial score (nSPS) is 16.5. The van der Waals surface area contributed by atoms with Crippen molar-refractivity contribution in [3.63, 3.8) is 0 Å². The van der Waals surface area contributed by atoms with E-state index in [1.807, 2.05) is 36.1 Å². The maximum Gasteiger partial charge on any atom is 0.321 e. The number of thioether (sulfide) groups is 1. The van der Waals surface area contributed by atoms with Crippen LogP contribution in [-0.4, -0.2) is 53.8 Å². The first-order valence-electron chi connectivity index (χ1n) is 8.55. The lowest BCUT2D eigenvalue weighted by Gasteiger charge is -2.34. The summed E-state index contributed by atoms with van der Waals surface area (Å²) in [7, 11) is 0. The second kappa shape index (κ2) is 9.55. The third kappa shape index (κ3) is 5.43. The Morgan fingerprint density at radius 3 is 2.71 bits per heavy atom. The maximum atomic E-state index is 12.5. The van der Waals surface area contributed by atoms with Crippen molar-refractivity contribution < 1.29 is 4.79 Å². The molecule has 1 aromatic carbocycles. The van der Waals surface area contributed by atoms with Gasteiger partial charge in [0.15, 0.2) is 0 Å². The Morgan fingerprint density at radius 2 is 2.04 bits per heavy atom. The average molecular weight is 347 g/mol. The van der Waals surface area contributed by atoms with Crippen LogP contribution in [0.25, 0.3) is 0 Å². The third-order valence-corrected chi connectivity index (χ3v) is 5.21. The molecule has 1 heterocycles. The Kier molecular flexibility index (Phi) is 7.41. The number of nitriles is 1. The Balaban J connectivity index is 1.93. The molecule has 6 heteroatoms. The minimum atomic E-state index is -0.0351. The number of hydrogen-bond donors (Lipinski definition) is 1. The molecule has 1 aliphatic rings. The smallest absolute Gasteiger partial charge is 0.321 e. The van der Waals surface area contributed by atoms with Gasteiger partial charge in [0, 0.05) is 42.7 Å². The van der Waals surface area contributed by atoms with Crippen LogP contribution in [0.4, 0.5) is 10.5 Å². The Hall–Kier alpha value is -1.71. The number of urea groups is 1. The van der Waals surface area contributed by atoms with Crippen molar-refractivity contribution in [1.82, 2.24) is 9.80 Å².